The van der Waals surface area contributed by atoms with Crippen LogP contribution in [0.15, 0.2) is 23.2 Å². The lowest BCUT2D eigenvalue weighted by molar-refractivity contribution is 0.110. The third-order valence-corrected chi connectivity index (χ3v) is 3.98. The van der Waals surface area contributed by atoms with Crippen molar-refractivity contribution in [2.24, 2.45) is 4.99 Å². The molecule has 6 nitrogen and oxygen atoms in total. The maximum Gasteiger partial charge on any atom is 0.191 e. The second-order valence-corrected chi connectivity index (χ2v) is 6.33. The van der Waals surface area contributed by atoms with Gasteiger partial charge in [0, 0.05) is 39.0 Å². The zero-order valence-corrected chi connectivity index (χ0v) is 17.5. The number of benzene rings is 1. The molecule has 0 fully saturated rings. The molecule has 0 atom stereocenters. The third kappa shape index (κ3) is 10.8. The van der Waals surface area contributed by atoms with Gasteiger partial charge in [0.1, 0.15) is 12.4 Å². The zero-order valence-electron chi connectivity index (χ0n) is 17.5. The van der Waals surface area contributed by atoms with Gasteiger partial charge in [-0.1, -0.05) is 12.1 Å². The first-order valence-corrected chi connectivity index (χ1v) is 10.0. The second-order valence-electron chi connectivity index (χ2n) is 6.33. The Labute approximate surface area is 164 Å². The number of nitrogens with zero attached hydrogens (tertiary/aromatic N) is 1. The number of guanidine groups is 1. The molecule has 0 aliphatic rings. The summed E-state index contributed by atoms with van der Waals surface area (Å²) in [4.78, 5) is 4.71. The van der Waals surface area contributed by atoms with Crippen LogP contribution in [0.4, 0.5) is 0 Å². The Morgan fingerprint density at radius 1 is 1.04 bits per heavy atom. The minimum atomic E-state index is 0.549. The van der Waals surface area contributed by atoms with Crippen LogP contribution in [0.5, 0.6) is 5.75 Å². The largest absolute Gasteiger partial charge is 0.491 e. The van der Waals surface area contributed by atoms with E-state index in [0.29, 0.717) is 26.4 Å². The Bertz CT molecular complexity index is 535. The van der Waals surface area contributed by atoms with E-state index in [1.807, 2.05) is 6.92 Å². The minimum absolute atomic E-state index is 0.549. The highest BCUT2D eigenvalue weighted by Gasteiger charge is 2.05. The summed E-state index contributed by atoms with van der Waals surface area (Å²) in [6.07, 6.45) is 3.35. The van der Waals surface area contributed by atoms with Crippen LogP contribution in [0.1, 0.15) is 44.2 Å². The molecule has 1 aromatic rings. The maximum absolute atomic E-state index is 5.90. The van der Waals surface area contributed by atoms with Gasteiger partial charge in [-0.2, -0.15) is 0 Å². The van der Waals surface area contributed by atoms with Crippen molar-refractivity contribution in [2.75, 3.05) is 46.6 Å². The number of aliphatic imine (C=N–C) groups is 1. The van der Waals surface area contributed by atoms with Crippen molar-refractivity contribution in [3.8, 4) is 5.75 Å². The molecule has 0 bridgehead atoms. The Kier molecular flexibility index (Phi) is 13.2. The van der Waals surface area contributed by atoms with Crippen LogP contribution in [-0.2, 0) is 16.0 Å². The van der Waals surface area contributed by atoms with E-state index in [4.69, 9.17) is 19.2 Å². The molecule has 0 saturated carbocycles. The van der Waals surface area contributed by atoms with Crippen LogP contribution < -0.4 is 15.4 Å². The zero-order chi connectivity index (χ0) is 19.7. The molecule has 0 saturated heterocycles. The second kappa shape index (κ2) is 15.3. The fourth-order valence-corrected chi connectivity index (χ4v) is 2.54. The normalized spacial score (nSPS) is 11.5. The van der Waals surface area contributed by atoms with Gasteiger partial charge in [-0.15, -0.1) is 0 Å². The van der Waals surface area contributed by atoms with Crippen molar-refractivity contribution >= 4 is 5.96 Å². The molecule has 0 heterocycles. The molecule has 0 aliphatic heterocycles. The Balaban J connectivity index is 2.58. The van der Waals surface area contributed by atoms with Gasteiger partial charge in [-0.3, -0.25) is 0 Å². The van der Waals surface area contributed by atoms with Gasteiger partial charge < -0.3 is 24.8 Å². The Morgan fingerprint density at radius 3 is 2.63 bits per heavy atom. The van der Waals surface area contributed by atoms with Gasteiger partial charge in [0.15, 0.2) is 5.96 Å². The maximum atomic E-state index is 5.90. The summed E-state index contributed by atoms with van der Waals surface area (Å²) in [6.45, 7) is 11.1. The van der Waals surface area contributed by atoms with E-state index in [2.05, 4.69) is 42.7 Å². The summed E-state index contributed by atoms with van der Waals surface area (Å²) >= 11 is 0. The standard InChI is InChI=1S/C21H37N3O3/c1-5-22-21(23-12-8-7-9-13-25-4)24-17-19-11-10-18(3)16-20(19)27-15-14-26-6-2/h10-11,16H,5-9,12-15,17H2,1-4H3,(H2,22,23,24). The summed E-state index contributed by atoms with van der Waals surface area (Å²) < 4.78 is 16.3. The lowest BCUT2D eigenvalue weighted by Crippen LogP contribution is -2.37. The first-order valence-electron chi connectivity index (χ1n) is 10.0. The lowest BCUT2D eigenvalue weighted by Gasteiger charge is -2.14. The van der Waals surface area contributed by atoms with Crippen LogP contribution >= 0.6 is 0 Å². The fraction of sp³-hybridized carbons (Fsp3) is 0.667. The van der Waals surface area contributed by atoms with Crippen molar-refractivity contribution in [1.29, 1.82) is 0 Å². The van der Waals surface area contributed by atoms with Crippen molar-refractivity contribution in [3.05, 3.63) is 29.3 Å². The lowest BCUT2D eigenvalue weighted by atomic mass is 10.1. The van der Waals surface area contributed by atoms with Crippen LogP contribution in [0.25, 0.3) is 0 Å². The van der Waals surface area contributed by atoms with Gasteiger partial charge in [0.25, 0.3) is 0 Å². The summed E-state index contributed by atoms with van der Waals surface area (Å²) in [5, 5.41) is 6.69. The van der Waals surface area contributed by atoms with E-state index >= 15 is 0 Å². The number of hydrogen-bond donors (Lipinski definition) is 2. The number of aryl methyl sites for hydroxylation is 1. The SMILES string of the molecule is CCNC(=NCc1ccc(C)cc1OCCOCC)NCCCCCOC. The van der Waals surface area contributed by atoms with Gasteiger partial charge in [0.2, 0.25) is 0 Å². The smallest absolute Gasteiger partial charge is 0.191 e. The molecule has 154 valence electrons. The van der Waals surface area contributed by atoms with E-state index in [0.717, 1.165) is 56.2 Å². The molecule has 1 aromatic carbocycles. The number of nitrogens with one attached hydrogen (secondary N) is 2. The van der Waals surface area contributed by atoms with Gasteiger partial charge in [-0.25, -0.2) is 4.99 Å². The number of ether oxygens (including phenoxy) is 3. The van der Waals surface area contributed by atoms with Gasteiger partial charge in [-0.05, 0) is 51.7 Å². The Morgan fingerprint density at radius 2 is 1.89 bits per heavy atom. The molecule has 0 radical (unpaired) electrons. The summed E-state index contributed by atoms with van der Waals surface area (Å²) in [7, 11) is 1.74. The van der Waals surface area contributed by atoms with Crippen LogP contribution in [0.3, 0.4) is 0 Å². The highest BCUT2D eigenvalue weighted by Crippen LogP contribution is 2.21. The molecule has 0 aliphatic carbocycles. The monoisotopic (exact) mass is 379 g/mol. The van der Waals surface area contributed by atoms with E-state index in [1.54, 1.807) is 7.11 Å². The van der Waals surface area contributed by atoms with Gasteiger partial charge in [0.05, 0.1) is 13.2 Å². The van der Waals surface area contributed by atoms with Crippen molar-refractivity contribution in [1.82, 2.24) is 10.6 Å². The molecule has 6 heteroatoms. The predicted octanol–water partition coefficient (Wildman–Crippen LogP) is 3.28. The first kappa shape index (κ1) is 23.2. The van der Waals surface area contributed by atoms with E-state index in [9.17, 15) is 0 Å². The summed E-state index contributed by atoms with van der Waals surface area (Å²) in [5.74, 6) is 1.72. The van der Waals surface area contributed by atoms with Crippen molar-refractivity contribution in [2.45, 2.75) is 46.6 Å². The topological polar surface area (TPSA) is 64.1 Å². The number of rotatable bonds is 14. The van der Waals surface area contributed by atoms with E-state index < -0.39 is 0 Å². The van der Waals surface area contributed by atoms with E-state index in [1.165, 1.54) is 5.56 Å². The molecule has 0 unspecified atom stereocenters. The molecule has 2 N–H and O–H groups in total. The van der Waals surface area contributed by atoms with Crippen LogP contribution in [0.2, 0.25) is 0 Å². The molecule has 1 rings (SSSR count). The number of unbranched alkanes of at least 4 members (excludes halogenated alkanes) is 2. The number of methoxy groups -OCH3 is 1. The quantitative estimate of drug-likeness (QED) is 0.295. The van der Waals surface area contributed by atoms with E-state index in [-0.39, 0.29) is 0 Å². The fourth-order valence-electron chi connectivity index (χ4n) is 2.54. The molecule has 0 spiro atoms. The average Bonchev–Trinajstić information content (AvgIpc) is 2.67. The molecule has 0 aromatic heterocycles. The predicted molar refractivity (Wildman–Crippen MR) is 112 cm³/mol. The highest BCUT2D eigenvalue weighted by atomic mass is 16.5. The molecular weight excluding hydrogens is 342 g/mol. The third-order valence-electron chi connectivity index (χ3n) is 3.98. The van der Waals surface area contributed by atoms with Gasteiger partial charge >= 0.3 is 0 Å². The van der Waals surface area contributed by atoms with Crippen LogP contribution in [-0.4, -0.2) is 52.6 Å². The minimum Gasteiger partial charge on any atom is -0.491 e. The first-order chi connectivity index (χ1) is 13.2. The summed E-state index contributed by atoms with van der Waals surface area (Å²) in [6, 6.07) is 6.24. The average molecular weight is 380 g/mol. The van der Waals surface area contributed by atoms with Crippen molar-refractivity contribution in [3.63, 3.8) is 0 Å². The molecule has 27 heavy (non-hydrogen) atoms. The molecular formula is C21H37N3O3. The Hall–Kier alpha value is -1.79. The summed E-state index contributed by atoms with van der Waals surface area (Å²) in [5.41, 5.74) is 2.25. The number of hydrogen-bond acceptors (Lipinski definition) is 4. The molecule has 0 amide bonds. The van der Waals surface area contributed by atoms with Crippen LogP contribution in [0, 0.1) is 6.92 Å². The van der Waals surface area contributed by atoms with Crippen molar-refractivity contribution < 1.29 is 14.2 Å². The highest BCUT2D eigenvalue weighted by molar-refractivity contribution is 5.79.